The number of benzene rings is 2. The highest BCUT2D eigenvalue weighted by atomic mass is 16.5. The van der Waals surface area contributed by atoms with Crippen LogP contribution in [0.15, 0.2) is 36.4 Å². The van der Waals surface area contributed by atoms with Crippen LogP contribution in [0.3, 0.4) is 0 Å². The smallest absolute Gasteiger partial charge is 0.119 e. The van der Waals surface area contributed by atoms with Gasteiger partial charge in [-0.3, -0.25) is 0 Å². The number of aliphatic hydroxyl groups excluding tert-OH is 1. The molecule has 0 aliphatic rings. The van der Waals surface area contributed by atoms with E-state index in [0.717, 1.165) is 25.1 Å². The van der Waals surface area contributed by atoms with Gasteiger partial charge in [0.05, 0.1) is 7.11 Å². The Morgan fingerprint density at radius 2 is 1.90 bits per heavy atom. The highest BCUT2D eigenvalue weighted by molar-refractivity contribution is 5.84. The molecule has 0 aromatic heterocycles. The second kappa shape index (κ2) is 7.27. The minimum absolute atomic E-state index is 0.239. The van der Waals surface area contributed by atoms with Crippen LogP contribution in [0.4, 0.5) is 0 Å². The lowest BCUT2D eigenvalue weighted by Crippen LogP contribution is -2.28. The summed E-state index contributed by atoms with van der Waals surface area (Å²) >= 11 is 0. The van der Waals surface area contributed by atoms with E-state index >= 15 is 0 Å². The van der Waals surface area contributed by atoms with E-state index in [1.54, 1.807) is 7.11 Å². The monoisotopic (exact) mass is 273 g/mol. The van der Waals surface area contributed by atoms with Crippen molar-refractivity contribution >= 4 is 10.8 Å². The number of aliphatic hydroxyl groups is 1. The van der Waals surface area contributed by atoms with Crippen molar-refractivity contribution < 1.29 is 9.84 Å². The minimum atomic E-state index is 0.239. The van der Waals surface area contributed by atoms with Gasteiger partial charge in [-0.25, -0.2) is 0 Å². The van der Waals surface area contributed by atoms with Gasteiger partial charge < -0.3 is 15.2 Å². The molecule has 108 valence electrons. The number of hydrogen-bond acceptors (Lipinski definition) is 3. The van der Waals surface area contributed by atoms with Crippen LogP contribution >= 0.6 is 0 Å². The fourth-order valence-corrected chi connectivity index (χ4v) is 2.38. The van der Waals surface area contributed by atoms with Gasteiger partial charge in [-0.2, -0.15) is 0 Å². The first kappa shape index (κ1) is 14.8. The summed E-state index contributed by atoms with van der Waals surface area (Å²) in [5.74, 6) is 0.886. The van der Waals surface area contributed by atoms with Gasteiger partial charge in [0.1, 0.15) is 5.75 Å². The molecule has 0 radical (unpaired) electrons. The maximum atomic E-state index is 9.00. The molecule has 0 spiro atoms. The van der Waals surface area contributed by atoms with Crippen molar-refractivity contribution in [2.24, 2.45) is 0 Å². The zero-order valence-corrected chi connectivity index (χ0v) is 12.2. The first-order valence-corrected chi connectivity index (χ1v) is 7.17. The first-order valence-electron chi connectivity index (χ1n) is 7.17. The van der Waals surface area contributed by atoms with Crippen molar-refractivity contribution in [3.8, 4) is 5.75 Å². The average Bonchev–Trinajstić information content (AvgIpc) is 2.50. The lowest BCUT2D eigenvalue weighted by Gasteiger charge is -2.16. The maximum Gasteiger partial charge on any atom is 0.119 e. The Hall–Kier alpha value is -1.58. The Morgan fingerprint density at radius 3 is 2.60 bits per heavy atom. The maximum absolute atomic E-state index is 9.00. The Bertz CT molecular complexity index is 554. The summed E-state index contributed by atoms with van der Waals surface area (Å²) in [6.45, 7) is 3.21. The lowest BCUT2D eigenvalue weighted by molar-refractivity contribution is 0.262. The zero-order valence-electron chi connectivity index (χ0n) is 12.2. The molecule has 1 unspecified atom stereocenters. The molecule has 0 amide bonds. The summed E-state index contributed by atoms with van der Waals surface area (Å²) in [5, 5.41) is 14.9. The van der Waals surface area contributed by atoms with Gasteiger partial charge in [-0.05, 0) is 47.4 Å². The third-order valence-electron chi connectivity index (χ3n) is 3.68. The third-order valence-corrected chi connectivity index (χ3v) is 3.68. The van der Waals surface area contributed by atoms with E-state index in [4.69, 9.17) is 9.84 Å². The third kappa shape index (κ3) is 3.71. The second-order valence-electron chi connectivity index (χ2n) is 5.05. The van der Waals surface area contributed by atoms with E-state index in [1.807, 2.05) is 12.1 Å². The van der Waals surface area contributed by atoms with Crippen molar-refractivity contribution in [2.45, 2.75) is 32.4 Å². The Balaban J connectivity index is 2.08. The number of ether oxygens (including phenoxy) is 1. The molecule has 2 N–H and O–H groups in total. The van der Waals surface area contributed by atoms with E-state index in [-0.39, 0.29) is 6.61 Å². The van der Waals surface area contributed by atoms with Crippen LogP contribution in [-0.2, 0) is 6.54 Å². The summed E-state index contributed by atoms with van der Waals surface area (Å²) in [7, 11) is 1.69. The largest absolute Gasteiger partial charge is 0.497 e. The number of hydrogen-bond donors (Lipinski definition) is 2. The van der Waals surface area contributed by atoms with Crippen molar-refractivity contribution in [3.63, 3.8) is 0 Å². The molecular formula is C17H23NO2. The van der Waals surface area contributed by atoms with E-state index in [2.05, 4.69) is 36.5 Å². The molecule has 0 bridgehead atoms. The zero-order chi connectivity index (χ0) is 14.4. The van der Waals surface area contributed by atoms with Gasteiger partial charge >= 0.3 is 0 Å². The molecule has 3 heteroatoms. The Kier molecular flexibility index (Phi) is 5.39. The number of nitrogens with one attached hydrogen (secondary N) is 1. The lowest BCUT2D eigenvalue weighted by atomic mass is 10.1. The highest BCUT2D eigenvalue weighted by Gasteiger charge is 2.05. The van der Waals surface area contributed by atoms with E-state index in [9.17, 15) is 0 Å². The standard InChI is InChI=1S/C17H23NO2/c1-3-16(8-9-19)18-12-13-4-5-15-11-17(20-2)7-6-14(15)10-13/h4-7,10-11,16,18-19H,3,8-9,12H2,1-2H3. The average molecular weight is 273 g/mol. The van der Waals surface area contributed by atoms with Crippen LogP contribution in [0.2, 0.25) is 0 Å². The Labute approximate surface area is 120 Å². The summed E-state index contributed by atoms with van der Waals surface area (Å²) in [5.41, 5.74) is 1.26. The van der Waals surface area contributed by atoms with Crippen LogP contribution < -0.4 is 10.1 Å². The Morgan fingerprint density at radius 1 is 1.15 bits per heavy atom. The van der Waals surface area contributed by atoms with Gasteiger partial charge in [0.25, 0.3) is 0 Å². The van der Waals surface area contributed by atoms with Gasteiger partial charge in [0.15, 0.2) is 0 Å². The van der Waals surface area contributed by atoms with Crippen LogP contribution in [0, 0.1) is 0 Å². The van der Waals surface area contributed by atoms with Crippen molar-refractivity contribution in [1.82, 2.24) is 5.32 Å². The van der Waals surface area contributed by atoms with Gasteiger partial charge in [-0.1, -0.05) is 25.1 Å². The second-order valence-corrected chi connectivity index (χ2v) is 5.05. The number of methoxy groups -OCH3 is 1. The number of rotatable bonds is 7. The molecule has 0 saturated heterocycles. The number of fused-ring (bicyclic) bond motifs is 1. The van der Waals surface area contributed by atoms with Crippen LogP contribution in [-0.4, -0.2) is 24.9 Å². The highest BCUT2D eigenvalue weighted by Crippen LogP contribution is 2.21. The molecule has 2 rings (SSSR count). The molecule has 2 aromatic rings. The first-order chi connectivity index (χ1) is 9.76. The molecule has 1 atom stereocenters. The fraction of sp³-hybridized carbons (Fsp3) is 0.412. The van der Waals surface area contributed by atoms with E-state index in [1.165, 1.54) is 16.3 Å². The molecule has 0 fully saturated rings. The summed E-state index contributed by atoms with van der Waals surface area (Å²) in [6.07, 6.45) is 1.84. The summed E-state index contributed by atoms with van der Waals surface area (Å²) in [4.78, 5) is 0. The quantitative estimate of drug-likeness (QED) is 0.814. The predicted molar refractivity (Wildman–Crippen MR) is 83.1 cm³/mol. The minimum Gasteiger partial charge on any atom is -0.497 e. The van der Waals surface area contributed by atoms with E-state index in [0.29, 0.717) is 6.04 Å². The van der Waals surface area contributed by atoms with Gasteiger partial charge in [0.2, 0.25) is 0 Å². The summed E-state index contributed by atoms with van der Waals surface area (Å²) < 4.78 is 5.24. The molecule has 20 heavy (non-hydrogen) atoms. The SMILES string of the molecule is CCC(CCO)NCc1ccc2cc(OC)ccc2c1. The summed E-state index contributed by atoms with van der Waals surface area (Å²) in [6, 6.07) is 13.0. The van der Waals surface area contributed by atoms with Gasteiger partial charge in [-0.15, -0.1) is 0 Å². The van der Waals surface area contributed by atoms with Crippen LogP contribution in [0.1, 0.15) is 25.3 Å². The van der Waals surface area contributed by atoms with E-state index < -0.39 is 0 Å². The molecule has 0 aliphatic heterocycles. The van der Waals surface area contributed by atoms with Gasteiger partial charge in [0, 0.05) is 19.2 Å². The molecule has 0 aliphatic carbocycles. The van der Waals surface area contributed by atoms with Crippen molar-refractivity contribution in [2.75, 3.05) is 13.7 Å². The molecule has 2 aromatic carbocycles. The predicted octanol–water partition coefficient (Wildman–Crippen LogP) is 3.10. The molecule has 0 saturated carbocycles. The molecule has 0 heterocycles. The molecular weight excluding hydrogens is 250 g/mol. The normalized spacial score (nSPS) is 12.6. The van der Waals surface area contributed by atoms with Crippen LogP contribution in [0.25, 0.3) is 10.8 Å². The van der Waals surface area contributed by atoms with Crippen molar-refractivity contribution in [3.05, 3.63) is 42.0 Å². The molecule has 3 nitrogen and oxygen atoms in total. The van der Waals surface area contributed by atoms with Crippen LogP contribution in [0.5, 0.6) is 5.75 Å². The van der Waals surface area contributed by atoms with Crippen molar-refractivity contribution in [1.29, 1.82) is 0 Å². The topological polar surface area (TPSA) is 41.5 Å². The fourth-order valence-electron chi connectivity index (χ4n) is 2.38.